The minimum atomic E-state index is 0. The van der Waals surface area contributed by atoms with Crippen LogP contribution in [0.5, 0.6) is 0 Å². The molecule has 0 atom stereocenters. The minimum Gasteiger partial charge on any atom is -1.00 e. The van der Waals surface area contributed by atoms with Gasteiger partial charge in [0.25, 0.3) is 0 Å². The van der Waals surface area contributed by atoms with E-state index in [1.807, 2.05) is 30.5 Å². The van der Waals surface area contributed by atoms with Crippen molar-refractivity contribution in [2.45, 2.75) is 0 Å². The van der Waals surface area contributed by atoms with Crippen molar-refractivity contribution in [3.05, 3.63) is 42.6 Å². The summed E-state index contributed by atoms with van der Waals surface area (Å²) in [6.45, 7) is 0. The van der Waals surface area contributed by atoms with Crippen LogP contribution in [0.15, 0.2) is 42.6 Å². The number of para-hydroxylation sites is 1. The van der Waals surface area contributed by atoms with E-state index in [1.165, 1.54) is 5.39 Å². The van der Waals surface area contributed by atoms with Crippen LogP contribution < -0.4 is 18.9 Å². The van der Waals surface area contributed by atoms with E-state index in [2.05, 4.69) is 17.1 Å². The van der Waals surface area contributed by atoms with Crippen LogP contribution in [0.3, 0.4) is 0 Å². The topological polar surface area (TPSA) is 12.9 Å². The third-order valence-corrected chi connectivity index (χ3v) is 1.51. The average Bonchev–Trinajstić information content (AvgIpc) is 2.05. The molecule has 11 heavy (non-hydrogen) atoms. The number of hydrogen-bond acceptors (Lipinski definition) is 1. The average molecular weight is 137 g/mol. The molecule has 2 rings (SSSR count). The minimum absolute atomic E-state index is 0. The smallest absolute Gasteiger partial charge is 1.00 e. The van der Waals surface area contributed by atoms with E-state index in [9.17, 15) is 0 Å². The molecule has 2 heteroatoms. The van der Waals surface area contributed by atoms with E-state index in [1.54, 1.807) is 0 Å². The molecule has 0 saturated carbocycles. The summed E-state index contributed by atoms with van der Waals surface area (Å²) >= 11 is 0. The van der Waals surface area contributed by atoms with Crippen molar-refractivity contribution in [3.8, 4) is 0 Å². The Morgan fingerprint density at radius 1 is 1.00 bits per heavy atom. The Morgan fingerprint density at radius 3 is 2.55 bits per heavy atom. The molecule has 0 bridgehead atoms. The quantitative estimate of drug-likeness (QED) is 0.440. The zero-order valence-corrected chi connectivity index (χ0v) is 6.49. The van der Waals surface area contributed by atoms with Gasteiger partial charge in [0.05, 0.1) is 5.52 Å². The van der Waals surface area contributed by atoms with Crippen LogP contribution in [-0.2, 0) is 0 Å². The number of pyridine rings is 1. The summed E-state index contributed by atoms with van der Waals surface area (Å²) in [6.07, 6.45) is 1.81. The summed E-state index contributed by atoms with van der Waals surface area (Å²) in [5, 5.41) is 1.20. The number of aromatic nitrogens is 1. The Balaban J connectivity index is 0.000000605. The number of benzene rings is 1. The van der Waals surface area contributed by atoms with E-state index in [-0.39, 0.29) is 20.3 Å². The summed E-state index contributed by atoms with van der Waals surface area (Å²) in [6, 6.07) is 12.1. The van der Waals surface area contributed by atoms with Gasteiger partial charge < -0.3 is 1.43 Å². The zero-order chi connectivity index (χ0) is 6.81. The first-order valence-electron chi connectivity index (χ1n) is 3.26. The first kappa shape index (κ1) is 8.33. The SMILES string of the molecule is [H-].[Li+].c1ccc2ncccc2c1. The van der Waals surface area contributed by atoms with Crippen LogP contribution in [0, 0.1) is 0 Å². The zero-order valence-electron chi connectivity index (χ0n) is 7.49. The maximum atomic E-state index is 4.18. The fourth-order valence-corrected chi connectivity index (χ4v) is 1.02. The van der Waals surface area contributed by atoms with Crippen LogP contribution in [-0.4, -0.2) is 4.98 Å². The van der Waals surface area contributed by atoms with Gasteiger partial charge in [0.2, 0.25) is 0 Å². The predicted octanol–water partition coefficient (Wildman–Crippen LogP) is -0.649. The fraction of sp³-hybridized carbons (Fsp3) is 0. The second kappa shape index (κ2) is 3.57. The number of nitrogens with zero attached hydrogens (tertiary/aromatic N) is 1. The van der Waals surface area contributed by atoms with Gasteiger partial charge in [-0.3, -0.25) is 4.98 Å². The van der Waals surface area contributed by atoms with Crippen LogP contribution >= 0.6 is 0 Å². The molecule has 50 valence electrons. The Hall–Kier alpha value is -0.773. The maximum Gasteiger partial charge on any atom is 1.00 e. The third-order valence-electron chi connectivity index (χ3n) is 1.51. The van der Waals surface area contributed by atoms with Crippen LogP contribution in [0.2, 0.25) is 0 Å². The number of fused-ring (bicyclic) bond motifs is 1. The van der Waals surface area contributed by atoms with Gasteiger partial charge in [-0.25, -0.2) is 0 Å². The van der Waals surface area contributed by atoms with Crippen LogP contribution in [0.25, 0.3) is 10.9 Å². The monoisotopic (exact) mass is 137 g/mol. The normalized spacial score (nSPS) is 9.09. The largest absolute Gasteiger partial charge is 1.00 e. The molecule has 0 saturated heterocycles. The summed E-state index contributed by atoms with van der Waals surface area (Å²) < 4.78 is 0. The Kier molecular flexibility index (Phi) is 2.70. The molecule has 0 N–H and O–H groups in total. The molecule has 0 aliphatic rings. The van der Waals surface area contributed by atoms with Crippen LogP contribution in [0.4, 0.5) is 0 Å². The molecule has 0 amide bonds. The third kappa shape index (κ3) is 1.62. The van der Waals surface area contributed by atoms with Crippen molar-refractivity contribution < 1.29 is 20.3 Å². The van der Waals surface area contributed by atoms with Crippen molar-refractivity contribution in [1.82, 2.24) is 4.98 Å². The number of hydrogen-bond donors (Lipinski definition) is 0. The second-order valence-corrected chi connectivity index (χ2v) is 2.20. The van der Waals surface area contributed by atoms with Gasteiger partial charge in [0.15, 0.2) is 0 Å². The van der Waals surface area contributed by atoms with Crippen LogP contribution in [0.1, 0.15) is 1.43 Å². The van der Waals surface area contributed by atoms with Crippen molar-refractivity contribution >= 4 is 10.9 Å². The van der Waals surface area contributed by atoms with Crippen molar-refractivity contribution in [2.75, 3.05) is 0 Å². The predicted molar refractivity (Wildman–Crippen MR) is 42.9 cm³/mol. The molecule has 1 aromatic carbocycles. The molecular weight excluding hydrogens is 129 g/mol. The molecule has 0 spiro atoms. The Morgan fingerprint density at radius 2 is 1.73 bits per heavy atom. The molecule has 0 radical (unpaired) electrons. The van der Waals surface area contributed by atoms with E-state index in [4.69, 9.17) is 0 Å². The van der Waals surface area contributed by atoms with E-state index < -0.39 is 0 Å². The molecule has 1 heterocycles. The summed E-state index contributed by atoms with van der Waals surface area (Å²) in [7, 11) is 0. The molecule has 2 aromatic rings. The van der Waals surface area contributed by atoms with Gasteiger partial charge in [-0.1, -0.05) is 24.3 Å². The van der Waals surface area contributed by atoms with Crippen molar-refractivity contribution in [2.24, 2.45) is 0 Å². The Labute approximate surface area is 79.1 Å². The van der Waals surface area contributed by atoms with Gasteiger partial charge >= 0.3 is 18.9 Å². The Bertz CT molecular complexity index is 286. The van der Waals surface area contributed by atoms with Gasteiger partial charge in [-0.15, -0.1) is 0 Å². The first-order valence-corrected chi connectivity index (χ1v) is 3.26. The second-order valence-electron chi connectivity index (χ2n) is 2.20. The summed E-state index contributed by atoms with van der Waals surface area (Å²) in [4.78, 5) is 4.18. The first-order chi connectivity index (χ1) is 4.97. The standard InChI is InChI=1S/C9H7N.Li.H/c1-2-6-9-8(4-1)5-3-7-10-9;;/h1-7H;;/q;+1;-1. The molecular formula is C9H8LiN. The number of rotatable bonds is 0. The molecule has 0 aliphatic heterocycles. The molecule has 1 nitrogen and oxygen atoms in total. The van der Waals surface area contributed by atoms with Crippen molar-refractivity contribution in [3.63, 3.8) is 0 Å². The van der Waals surface area contributed by atoms with Gasteiger partial charge in [0, 0.05) is 11.6 Å². The van der Waals surface area contributed by atoms with Crippen molar-refractivity contribution in [1.29, 1.82) is 0 Å². The summed E-state index contributed by atoms with van der Waals surface area (Å²) in [5.74, 6) is 0. The molecule has 0 aliphatic carbocycles. The molecule has 0 unspecified atom stereocenters. The fourth-order valence-electron chi connectivity index (χ4n) is 1.02. The van der Waals surface area contributed by atoms with E-state index >= 15 is 0 Å². The van der Waals surface area contributed by atoms with Gasteiger partial charge in [-0.05, 0) is 12.1 Å². The van der Waals surface area contributed by atoms with E-state index in [0.717, 1.165) is 5.52 Å². The molecule has 1 aromatic heterocycles. The summed E-state index contributed by atoms with van der Waals surface area (Å²) in [5.41, 5.74) is 1.06. The molecule has 0 fully saturated rings. The van der Waals surface area contributed by atoms with Gasteiger partial charge in [-0.2, -0.15) is 0 Å². The van der Waals surface area contributed by atoms with Gasteiger partial charge in [0.1, 0.15) is 0 Å². The maximum absolute atomic E-state index is 4.18. The van der Waals surface area contributed by atoms with E-state index in [0.29, 0.717) is 0 Å².